The van der Waals surface area contributed by atoms with E-state index in [0.29, 0.717) is 0 Å². The summed E-state index contributed by atoms with van der Waals surface area (Å²) in [5, 5.41) is 8.66. The maximum Gasteiger partial charge on any atom is 0.234 e. The molecule has 1 aromatic rings. The van der Waals surface area contributed by atoms with E-state index in [1.54, 1.807) is 6.20 Å². The van der Waals surface area contributed by atoms with Gasteiger partial charge in [-0.2, -0.15) is 17.0 Å². The molecule has 4 nitrogen and oxygen atoms in total. The van der Waals surface area contributed by atoms with Gasteiger partial charge in [-0.25, -0.2) is 9.97 Å². The molecule has 0 saturated carbocycles. The highest BCUT2D eigenvalue weighted by molar-refractivity contribution is 7.99. The Morgan fingerprint density at radius 1 is 1.43 bits per heavy atom. The smallest absolute Gasteiger partial charge is 0.234 e. The van der Waals surface area contributed by atoms with Crippen LogP contribution in [0.15, 0.2) is 12.3 Å². The lowest BCUT2D eigenvalue weighted by molar-refractivity contribution is 0.832. The Balaban J connectivity index is 2.18. The predicted octanol–water partition coefficient (Wildman–Crippen LogP) is 0.901. The number of hydrogen-bond donors (Lipinski definition) is 0. The Morgan fingerprint density at radius 3 is 2.93 bits per heavy atom. The van der Waals surface area contributed by atoms with Gasteiger partial charge in [-0.05, 0) is 6.07 Å². The van der Waals surface area contributed by atoms with E-state index in [-0.39, 0.29) is 5.82 Å². The summed E-state index contributed by atoms with van der Waals surface area (Å²) in [5.41, 5.74) is 0. The fraction of sp³-hybridized carbons (Fsp3) is 0.444. The van der Waals surface area contributed by atoms with Crippen LogP contribution >= 0.6 is 11.8 Å². The SMILES string of the molecule is N#Cc1nccc(N2CCSCC2)n1. The van der Waals surface area contributed by atoms with E-state index >= 15 is 0 Å². The van der Waals surface area contributed by atoms with E-state index in [2.05, 4.69) is 14.9 Å². The van der Waals surface area contributed by atoms with Gasteiger partial charge >= 0.3 is 0 Å². The minimum Gasteiger partial charge on any atom is -0.355 e. The minimum absolute atomic E-state index is 0.251. The molecule has 1 aliphatic rings. The molecule has 1 aliphatic heterocycles. The molecule has 1 saturated heterocycles. The maximum atomic E-state index is 8.66. The normalized spacial score (nSPS) is 16.4. The molecular weight excluding hydrogens is 196 g/mol. The van der Waals surface area contributed by atoms with Gasteiger partial charge in [-0.15, -0.1) is 0 Å². The number of thioether (sulfide) groups is 1. The lowest BCUT2D eigenvalue weighted by Gasteiger charge is -2.27. The number of nitriles is 1. The molecule has 0 spiro atoms. The van der Waals surface area contributed by atoms with Gasteiger partial charge < -0.3 is 4.90 Å². The van der Waals surface area contributed by atoms with E-state index in [9.17, 15) is 0 Å². The fourth-order valence-corrected chi connectivity index (χ4v) is 2.27. The Morgan fingerprint density at radius 2 is 2.21 bits per heavy atom. The summed E-state index contributed by atoms with van der Waals surface area (Å²) >= 11 is 1.95. The molecular formula is C9H10N4S. The first kappa shape index (κ1) is 9.28. The average Bonchev–Trinajstić information content (AvgIpc) is 2.30. The highest BCUT2D eigenvalue weighted by atomic mass is 32.2. The molecule has 0 N–H and O–H groups in total. The lowest BCUT2D eigenvalue weighted by atomic mass is 10.4. The van der Waals surface area contributed by atoms with Gasteiger partial charge in [0, 0.05) is 30.8 Å². The molecule has 2 heterocycles. The second-order valence-electron chi connectivity index (χ2n) is 2.95. The summed E-state index contributed by atoms with van der Waals surface area (Å²) < 4.78 is 0. The van der Waals surface area contributed by atoms with Crippen molar-refractivity contribution < 1.29 is 0 Å². The summed E-state index contributed by atoms with van der Waals surface area (Å²) in [6.45, 7) is 2.01. The van der Waals surface area contributed by atoms with Crippen LogP contribution in [0.25, 0.3) is 0 Å². The van der Waals surface area contributed by atoms with Crippen molar-refractivity contribution >= 4 is 17.6 Å². The van der Waals surface area contributed by atoms with Gasteiger partial charge in [0.1, 0.15) is 11.9 Å². The maximum absolute atomic E-state index is 8.66. The van der Waals surface area contributed by atoms with Gasteiger partial charge in [0.05, 0.1) is 0 Å². The molecule has 0 radical (unpaired) electrons. The van der Waals surface area contributed by atoms with E-state index < -0.39 is 0 Å². The first-order chi connectivity index (χ1) is 6.90. The molecule has 0 unspecified atom stereocenters. The topological polar surface area (TPSA) is 52.8 Å². The fourth-order valence-electron chi connectivity index (χ4n) is 1.37. The number of hydrogen-bond acceptors (Lipinski definition) is 5. The summed E-state index contributed by atoms with van der Waals surface area (Å²) in [6, 6.07) is 3.81. The summed E-state index contributed by atoms with van der Waals surface area (Å²) in [7, 11) is 0. The van der Waals surface area contributed by atoms with Gasteiger partial charge in [-0.1, -0.05) is 0 Å². The number of anilines is 1. The van der Waals surface area contributed by atoms with Crippen LogP contribution in [0.4, 0.5) is 5.82 Å². The van der Waals surface area contributed by atoms with Gasteiger partial charge in [0.15, 0.2) is 0 Å². The van der Waals surface area contributed by atoms with E-state index in [1.807, 2.05) is 23.9 Å². The molecule has 0 aliphatic carbocycles. The van der Waals surface area contributed by atoms with Crippen molar-refractivity contribution in [1.29, 1.82) is 5.26 Å². The van der Waals surface area contributed by atoms with Crippen LogP contribution < -0.4 is 4.90 Å². The van der Waals surface area contributed by atoms with E-state index in [4.69, 9.17) is 5.26 Å². The van der Waals surface area contributed by atoms with Crippen LogP contribution in [0, 0.1) is 11.3 Å². The molecule has 0 amide bonds. The van der Waals surface area contributed by atoms with Gasteiger partial charge in [-0.3, -0.25) is 0 Å². The Hall–Kier alpha value is -1.28. The number of aromatic nitrogens is 2. The average molecular weight is 206 g/mol. The molecule has 0 aromatic carbocycles. The molecule has 5 heteroatoms. The third-order valence-corrected chi connectivity index (χ3v) is 3.02. The van der Waals surface area contributed by atoms with Crippen LogP contribution in [-0.4, -0.2) is 34.6 Å². The van der Waals surface area contributed by atoms with Crippen molar-refractivity contribution in [3.05, 3.63) is 18.1 Å². The van der Waals surface area contributed by atoms with Crippen molar-refractivity contribution in [2.75, 3.05) is 29.5 Å². The van der Waals surface area contributed by atoms with Crippen LogP contribution in [0.5, 0.6) is 0 Å². The minimum atomic E-state index is 0.251. The van der Waals surface area contributed by atoms with Crippen LogP contribution in [0.1, 0.15) is 5.82 Å². The Kier molecular flexibility index (Phi) is 2.84. The van der Waals surface area contributed by atoms with Crippen LogP contribution in [0.2, 0.25) is 0 Å². The third-order valence-electron chi connectivity index (χ3n) is 2.08. The largest absolute Gasteiger partial charge is 0.355 e. The Labute approximate surface area is 87.0 Å². The van der Waals surface area contributed by atoms with E-state index in [1.165, 1.54) is 0 Å². The third kappa shape index (κ3) is 1.96. The number of rotatable bonds is 1. The lowest BCUT2D eigenvalue weighted by Crippen LogP contribution is -2.33. The molecule has 72 valence electrons. The van der Waals surface area contributed by atoms with Crippen LogP contribution in [-0.2, 0) is 0 Å². The van der Waals surface area contributed by atoms with Crippen LogP contribution in [0.3, 0.4) is 0 Å². The van der Waals surface area contributed by atoms with Crippen molar-refractivity contribution in [2.24, 2.45) is 0 Å². The summed E-state index contributed by atoms with van der Waals surface area (Å²) in [6.07, 6.45) is 1.64. The summed E-state index contributed by atoms with van der Waals surface area (Å²) in [4.78, 5) is 10.2. The van der Waals surface area contributed by atoms with Gasteiger partial charge in [0.2, 0.25) is 5.82 Å². The highest BCUT2D eigenvalue weighted by Gasteiger charge is 2.12. The predicted molar refractivity (Wildman–Crippen MR) is 56.3 cm³/mol. The second-order valence-corrected chi connectivity index (χ2v) is 4.17. The molecule has 14 heavy (non-hydrogen) atoms. The highest BCUT2D eigenvalue weighted by Crippen LogP contribution is 2.16. The van der Waals surface area contributed by atoms with Crippen molar-refractivity contribution in [1.82, 2.24) is 9.97 Å². The molecule has 0 bridgehead atoms. The zero-order valence-corrected chi connectivity index (χ0v) is 8.50. The standard InChI is InChI=1S/C9H10N4S/c10-7-8-11-2-1-9(12-8)13-3-5-14-6-4-13/h1-2H,3-6H2. The Bertz CT molecular complexity index is 354. The zero-order chi connectivity index (χ0) is 9.80. The van der Waals surface area contributed by atoms with E-state index in [0.717, 1.165) is 30.4 Å². The van der Waals surface area contributed by atoms with Gasteiger partial charge in [0.25, 0.3) is 0 Å². The molecule has 0 atom stereocenters. The zero-order valence-electron chi connectivity index (χ0n) is 7.68. The first-order valence-electron chi connectivity index (χ1n) is 4.46. The molecule has 1 fully saturated rings. The van der Waals surface area contributed by atoms with Crippen molar-refractivity contribution in [2.45, 2.75) is 0 Å². The van der Waals surface area contributed by atoms with Crippen molar-refractivity contribution in [3.63, 3.8) is 0 Å². The second kappa shape index (κ2) is 4.29. The van der Waals surface area contributed by atoms with Crippen molar-refractivity contribution in [3.8, 4) is 6.07 Å². The monoisotopic (exact) mass is 206 g/mol. The number of nitrogens with zero attached hydrogens (tertiary/aromatic N) is 4. The summed E-state index contributed by atoms with van der Waals surface area (Å²) in [5.74, 6) is 3.38. The quantitative estimate of drug-likeness (QED) is 0.683. The molecule has 2 rings (SSSR count). The molecule has 1 aromatic heterocycles. The first-order valence-corrected chi connectivity index (χ1v) is 5.61.